The van der Waals surface area contributed by atoms with Crippen LogP contribution in [-0.2, 0) is 6.54 Å². The lowest BCUT2D eigenvalue weighted by molar-refractivity contribution is 0.150. The van der Waals surface area contributed by atoms with E-state index in [1.807, 2.05) is 0 Å². The number of nitrogens with zero attached hydrogens (tertiary/aromatic N) is 1. The maximum absolute atomic E-state index is 5.62. The lowest BCUT2D eigenvalue weighted by Gasteiger charge is -2.36. The number of piperidine rings is 1. The van der Waals surface area contributed by atoms with Crippen molar-refractivity contribution in [2.24, 2.45) is 11.7 Å². The molecule has 1 aliphatic rings. The molecule has 2 heteroatoms. The van der Waals surface area contributed by atoms with Crippen LogP contribution in [0.4, 0.5) is 0 Å². The van der Waals surface area contributed by atoms with Crippen molar-refractivity contribution in [2.75, 3.05) is 13.6 Å². The Hall–Kier alpha value is -0.860. The molecule has 0 radical (unpaired) electrons. The van der Waals surface area contributed by atoms with Crippen LogP contribution in [0, 0.1) is 5.92 Å². The van der Waals surface area contributed by atoms with Crippen molar-refractivity contribution in [2.45, 2.75) is 32.4 Å². The molecule has 0 amide bonds. The summed E-state index contributed by atoms with van der Waals surface area (Å²) in [5.74, 6) is 0.843. The molecule has 1 fully saturated rings. The van der Waals surface area contributed by atoms with Gasteiger partial charge in [-0.1, -0.05) is 31.2 Å². The zero-order valence-corrected chi connectivity index (χ0v) is 10.3. The van der Waals surface area contributed by atoms with Crippen molar-refractivity contribution < 1.29 is 0 Å². The fourth-order valence-corrected chi connectivity index (χ4v) is 2.53. The molecule has 16 heavy (non-hydrogen) atoms. The molecule has 1 aliphatic heterocycles. The minimum Gasteiger partial charge on any atom is -0.326 e. The van der Waals surface area contributed by atoms with Crippen LogP contribution in [0.15, 0.2) is 24.3 Å². The van der Waals surface area contributed by atoms with Gasteiger partial charge in [0.1, 0.15) is 0 Å². The summed E-state index contributed by atoms with van der Waals surface area (Å²) in [6, 6.07) is 9.38. The monoisotopic (exact) mass is 218 g/mol. The normalized spacial score (nSPS) is 26.9. The molecule has 2 nitrogen and oxygen atoms in total. The minimum absolute atomic E-state index is 0.593. The van der Waals surface area contributed by atoms with Crippen molar-refractivity contribution in [3.05, 3.63) is 35.4 Å². The van der Waals surface area contributed by atoms with E-state index < -0.39 is 0 Å². The van der Waals surface area contributed by atoms with Gasteiger partial charge in [0.25, 0.3) is 0 Å². The molecular weight excluding hydrogens is 196 g/mol. The van der Waals surface area contributed by atoms with E-state index in [9.17, 15) is 0 Å². The Morgan fingerprint density at radius 1 is 1.31 bits per heavy atom. The maximum atomic E-state index is 5.62. The predicted molar refractivity (Wildman–Crippen MR) is 68.1 cm³/mol. The van der Waals surface area contributed by atoms with Crippen LogP contribution in [0.3, 0.4) is 0 Å². The van der Waals surface area contributed by atoms with Crippen LogP contribution in [0.25, 0.3) is 0 Å². The third-order valence-corrected chi connectivity index (χ3v) is 3.73. The van der Waals surface area contributed by atoms with Gasteiger partial charge in [-0.05, 0) is 43.5 Å². The molecule has 0 saturated carbocycles. The molecule has 1 saturated heterocycles. The lowest BCUT2D eigenvalue weighted by Crippen LogP contribution is -2.32. The van der Waals surface area contributed by atoms with Crippen molar-refractivity contribution >= 4 is 0 Å². The van der Waals surface area contributed by atoms with Crippen LogP contribution in [0.1, 0.15) is 36.9 Å². The third-order valence-electron chi connectivity index (χ3n) is 3.73. The predicted octanol–water partition coefficient (Wildman–Crippen LogP) is 2.55. The zero-order valence-electron chi connectivity index (χ0n) is 10.3. The van der Waals surface area contributed by atoms with Crippen LogP contribution in [0.2, 0.25) is 0 Å². The lowest BCUT2D eigenvalue weighted by atomic mass is 9.88. The van der Waals surface area contributed by atoms with E-state index in [1.165, 1.54) is 30.5 Å². The number of benzene rings is 1. The second-order valence-corrected chi connectivity index (χ2v) is 5.07. The number of hydrogen-bond donors (Lipinski definition) is 1. The first kappa shape index (κ1) is 11.6. The van der Waals surface area contributed by atoms with Gasteiger partial charge in [-0.2, -0.15) is 0 Å². The Morgan fingerprint density at radius 2 is 2.00 bits per heavy atom. The summed E-state index contributed by atoms with van der Waals surface area (Å²) in [4.78, 5) is 2.47. The smallest absolute Gasteiger partial charge is 0.0347 e. The zero-order chi connectivity index (χ0) is 11.5. The van der Waals surface area contributed by atoms with E-state index >= 15 is 0 Å². The number of rotatable bonds is 2. The molecule has 1 aromatic carbocycles. The van der Waals surface area contributed by atoms with Gasteiger partial charge in [0, 0.05) is 12.6 Å². The van der Waals surface area contributed by atoms with Gasteiger partial charge >= 0.3 is 0 Å². The molecule has 2 N–H and O–H groups in total. The van der Waals surface area contributed by atoms with E-state index in [2.05, 4.69) is 43.1 Å². The maximum Gasteiger partial charge on any atom is 0.0347 e. The highest BCUT2D eigenvalue weighted by Crippen LogP contribution is 2.32. The van der Waals surface area contributed by atoms with Gasteiger partial charge in [0.15, 0.2) is 0 Å². The topological polar surface area (TPSA) is 29.3 Å². The number of likely N-dealkylation sites (tertiary alicyclic amines) is 1. The quantitative estimate of drug-likeness (QED) is 0.826. The summed E-state index contributed by atoms with van der Waals surface area (Å²) in [5, 5.41) is 0. The Balaban J connectivity index is 2.15. The van der Waals surface area contributed by atoms with E-state index in [1.54, 1.807) is 0 Å². The van der Waals surface area contributed by atoms with Gasteiger partial charge in [-0.15, -0.1) is 0 Å². The molecule has 1 heterocycles. The van der Waals surface area contributed by atoms with Crippen molar-refractivity contribution in [1.82, 2.24) is 4.90 Å². The molecule has 0 bridgehead atoms. The van der Waals surface area contributed by atoms with E-state index in [-0.39, 0.29) is 0 Å². The summed E-state index contributed by atoms with van der Waals surface area (Å²) in [6.45, 7) is 4.20. The van der Waals surface area contributed by atoms with Crippen LogP contribution >= 0.6 is 0 Å². The van der Waals surface area contributed by atoms with Gasteiger partial charge in [0.05, 0.1) is 0 Å². The van der Waals surface area contributed by atoms with Gasteiger partial charge in [-0.25, -0.2) is 0 Å². The molecular formula is C14H22N2. The molecule has 1 aromatic rings. The SMILES string of the molecule is CC1CCN(C)C(c2ccc(CN)cc2)C1. The van der Waals surface area contributed by atoms with Crippen molar-refractivity contribution in [3.8, 4) is 0 Å². The molecule has 0 aliphatic carbocycles. The second-order valence-electron chi connectivity index (χ2n) is 5.07. The fourth-order valence-electron chi connectivity index (χ4n) is 2.53. The Kier molecular flexibility index (Phi) is 3.62. The Morgan fingerprint density at radius 3 is 2.62 bits per heavy atom. The fraction of sp³-hybridized carbons (Fsp3) is 0.571. The van der Waals surface area contributed by atoms with Crippen LogP contribution in [0.5, 0.6) is 0 Å². The standard InChI is InChI=1S/C14H22N2/c1-11-7-8-16(2)14(9-11)13-5-3-12(10-15)4-6-13/h3-6,11,14H,7-10,15H2,1-2H3. The van der Waals surface area contributed by atoms with E-state index in [4.69, 9.17) is 5.73 Å². The largest absolute Gasteiger partial charge is 0.326 e. The number of nitrogens with two attached hydrogens (primary N) is 1. The molecule has 88 valence electrons. The first-order valence-electron chi connectivity index (χ1n) is 6.20. The van der Waals surface area contributed by atoms with Crippen molar-refractivity contribution in [3.63, 3.8) is 0 Å². The summed E-state index contributed by atoms with van der Waals surface area (Å²) in [7, 11) is 2.23. The highest BCUT2D eigenvalue weighted by atomic mass is 15.1. The minimum atomic E-state index is 0.593. The summed E-state index contributed by atoms with van der Waals surface area (Å²) >= 11 is 0. The summed E-state index contributed by atoms with van der Waals surface area (Å²) in [6.07, 6.45) is 2.60. The van der Waals surface area contributed by atoms with Crippen LogP contribution in [-0.4, -0.2) is 18.5 Å². The van der Waals surface area contributed by atoms with Gasteiger partial charge in [0.2, 0.25) is 0 Å². The average Bonchev–Trinajstić information content (AvgIpc) is 2.32. The first-order chi connectivity index (χ1) is 7.70. The first-order valence-corrected chi connectivity index (χ1v) is 6.20. The number of hydrogen-bond acceptors (Lipinski definition) is 2. The second kappa shape index (κ2) is 4.98. The molecule has 0 aromatic heterocycles. The van der Waals surface area contributed by atoms with Gasteiger partial charge in [-0.3, -0.25) is 4.90 Å². The highest BCUT2D eigenvalue weighted by Gasteiger charge is 2.24. The molecule has 2 unspecified atom stereocenters. The molecule has 2 atom stereocenters. The van der Waals surface area contributed by atoms with Gasteiger partial charge < -0.3 is 5.73 Å². The van der Waals surface area contributed by atoms with Crippen LogP contribution < -0.4 is 5.73 Å². The summed E-state index contributed by atoms with van der Waals surface area (Å²) < 4.78 is 0. The Bertz CT molecular complexity index is 331. The van der Waals surface area contributed by atoms with E-state index in [0.717, 1.165) is 5.92 Å². The Labute approximate surface area is 98.4 Å². The average molecular weight is 218 g/mol. The third kappa shape index (κ3) is 2.45. The van der Waals surface area contributed by atoms with E-state index in [0.29, 0.717) is 12.6 Å². The highest BCUT2D eigenvalue weighted by molar-refractivity contribution is 5.25. The summed E-state index contributed by atoms with van der Waals surface area (Å²) in [5.41, 5.74) is 8.27. The van der Waals surface area contributed by atoms with Crippen molar-refractivity contribution in [1.29, 1.82) is 0 Å². The molecule has 2 rings (SSSR count). The molecule has 0 spiro atoms.